The van der Waals surface area contributed by atoms with Gasteiger partial charge < -0.3 is 4.74 Å². The number of aromatic nitrogens is 2. The summed E-state index contributed by atoms with van der Waals surface area (Å²) in [5.74, 6) is 1.21. The summed E-state index contributed by atoms with van der Waals surface area (Å²) >= 11 is 0. The third-order valence-corrected chi connectivity index (χ3v) is 9.56. The van der Waals surface area contributed by atoms with Crippen LogP contribution in [0.1, 0.15) is 13.7 Å². The van der Waals surface area contributed by atoms with Crippen LogP contribution in [0, 0.1) is 6.33 Å². The Hall–Kier alpha value is -5.76. The Labute approximate surface area is 303 Å². The van der Waals surface area contributed by atoms with Crippen molar-refractivity contribution in [3.05, 3.63) is 182 Å². The van der Waals surface area contributed by atoms with Crippen LogP contribution in [0.5, 0.6) is 11.5 Å². The topological polar surface area (TPSA) is 18.0 Å². The monoisotopic (exact) mass is 660 g/mol. The second-order valence-electron chi connectivity index (χ2n) is 11.5. The maximum Gasteiger partial charge on any atom is 0.269 e. The Morgan fingerprint density at radius 2 is 1.18 bits per heavy atom. The summed E-state index contributed by atoms with van der Waals surface area (Å²) in [6.07, 6.45) is 3.41. The Morgan fingerprint density at radius 3 is 1.90 bits per heavy atom. The van der Waals surface area contributed by atoms with Crippen LogP contribution in [0.4, 0.5) is 0 Å². The zero-order chi connectivity index (χ0) is 41.9. The van der Waals surface area contributed by atoms with Gasteiger partial charge in [-0.05, 0) is 82.3 Å². The van der Waals surface area contributed by atoms with Crippen LogP contribution in [-0.4, -0.2) is 17.9 Å². The van der Waals surface area contributed by atoms with Gasteiger partial charge in [0.05, 0.1) is 36.1 Å². The summed E-state index contributed by atoms with van der Waals surface area (Å²) in [6.45, 7) is 4.47. The van der Waals surface area contributed by atoms with Crippen molar-refractivity contribution in [2.45, 2.75) is 0 Å². The molecule has 3 nitrogen and oxygen atoms in total. The maximum atomic E-state index is 8.93. The summed E-state index contributed by atoms with van der Waals surface area (Å²) in [5, 5.41) is 1.30. The molecule has 8 aromatic rings. The summed E-state index contributed by atoms with van der Waals surface area (Å²) in [6, 6.07) is 30.9. The Balaban J connectivity index is 1.34. The van der Waals surface area contributed by atoms with E-state index in [4.69, 9.17) is 18.4 Å². The molecule has 0 aliphatic heterocycles. The van der Waals surface area contributed by atoms with Gasteiger partial charge in [-0.2, -0.15) is 0 Å². The van der Waals surface area contributed by atoms with E-state index in [-0.39, 0.29) is 35.9 Å². The van der Waals surface area contributed by atoms with Crippen molar-refractivity contribution in [3.63, 3.8) is 0 Å². The zero-order valence-electron chi connectivity index (χ0n) is 36.7. The molecule has 1 aromatic heterocycles. The van der Waals surface area contributed by atoms with Crippen LogP contribution < -0.4 is 14.6 Å². The van der Waals surface area contributed by atoms with Gasteiger partial charge >= 0.3 is 0 Å². The lowest BCUT2D eigenvalue weighted by Crippen LogP contribution is -2.31. The molecule has 236 valence electrons. The lowest BCUT2D eigenvalue weighted by molar-refractivity contribution is -0.571. The molecule has 0 bridgehead atoms. The summed E-state index contributed by atoms with van der Waals surface area (Å²) < 4.78 is 96.1. The smallest absolute Gasteiger partial charge is 0.269 e. The normalized spacial score (nSPS) is 14.1. The molecule has 0 atom stereocenters. The van der Waals surface area contributed by atoms with Gasteiger partial charge in [0.15, 0.2) is 0 Å². The molecule has 0 spiro atoms. The van der Waals surface area contributed by atoms with Gasteiger partial charge in [-0.25, -0.2) is 0 Å². The first-order chi connectivity index (χ1) is 28.3. The number of nitrogens with zero attached hydrogens (tertiary/aromatic N) is 2. The molecular formula is C45H35N2OP. The van der Waals surface area contributed by atoms with Crippen molar-refractivity contribution >= 4 is 24.3 Å². The van der Waals surface area contributed by atoms with Crippen LogP contribution in [0.15, 0.2) is 176 Å². The fourth-order valence-corrected chi connectivity index (χ4v) is 7.10. The predicted molar refractivity (Wildman–Crippen MR) is 205 cm³/mol. The SMILES string of the molecule is [2H]c1c([2H])c([2H])c(-c2cccc(-c3c([2H])c([2H])c([2H])c([2H])c3[2H])c2-[n+]2[c-]n(-c3cccc(Oc4cccc(-c5ccccc5P(C)C)c4)c3)c3ccccc32)c([2H])c1[2H]. The molecule has 0 saturated carbocycles. The maximum absolute atomic E-state index is 8.93. The van der Waals surface area contributed by atoms with Crippen LogP contribution >= 0.6 is 7.92 Å². The largest absolute Gasteiger partial charge is 0.458 e. The molecule has 49 heavy (non-hydrogen) atoms. The van der Waals surface area contributed by atoms with Crippen molar-refractivity contribution in [1.82, 2.24) is 4.57 Å². The van der Waals surface area contributed by atoms with Crippen LogP contribution in [0.2, 0.25) is 0 Å². The van der Waals surface area contributed by atoms with E-state index in [1.54, 1.807) is 27.3 Å². The Bertz CT molecular complexity index is 2840. The fourth-order valence-electron chi connectivity index (χ4n) is 6.03. The van der Waals surface area contributed by atoms with Gasteiger partial charge in [-0.1, -0.05) is 153 Å². The van der Waals surface area contributed by atoms with Crippen LogP contribution in [0.25, 0.3) is 55.8 Å². The second kappa shape index (κ2) is 13.4. The molecule has 0 N–H and O–H groups in total. The van der Waals surface area contributed by atoms with Gasteiger partial charge in [-0.3, -0.25) is 9.13 Å². The van der Waals surface area contributed by atoms with E-state index in [0.29, 0.717) is 28.2 Å². The highest BCUT2D eigenvalue weighted by Gasteiger charge is 2.19. The number of fused-ring (bicyclic) bond motifs is 1. The molecule has 7 aromatic carbocycles. The molecule has 1 heterocycles. The number of imidazole rings is 1. The third-order valence-electron chi connectivity index (χ3n) is 8.20. The summed E-state index contributed by atoms with van der Waals surface area (Å²) in [4.78, 5) is 0. The minimum Gasteiger partial charge on any atom is -0.458 e. The number of rotatable bonds is 8. The molecule has 0 saturated heterocycles. The van der Waals surface area contributed by atoms with E-state index in [2.05, 4.69) is 43.9 Å². The molecular weight excluding hydrogens is 615 g/mol. The van der Waals surface area contributed by atoms with Gasteiger partial charge in [-0.15, -0.1) is 0 Å². The highest BCUT2D eigenvalue weighted by atomic mass is 31.1. The Morgan fingerprint density at radius 1 is 0.592 bits per heavy atom. The van der Waals surface area contributed by atoms with Gasteiger partial charge in [0.1, 0.15) is 11.5 Å². The van der Waals surface area contributed by atoms with Crippen LogP contribution in [0.3, 0.4) is 0 Å². The highest BCUT2D eigenvalue weighted by molar-refractivity contribution is 7.64. The van der Waals surface area contributed by atoms with Gasteiger partial charge in [0.2, 0.25) is 0 Å². The van der Waals surface area contributed by atoms with E-state index in [1.165, 1.54) is 5.30 Å². The molecule has 0 amide bonds. The number of ether oxygens (including phenoxy) is 1. The quantitative estimate of drug-likeness (QED) is 0.0901. The second-order valence-corrected chi connectivity index (χ2v) is 13.8. The average molecular weight is 661 g/mol. The van der Waals surface area contributed by atoms with E-state index >= 15 is 0 Å². The van der Waals surface area contributed by atoms with Crippen molar-refractivity contribution in [2.24, 2.45) is 0 Å². The number of hydrogen-bond acceptors (Lipinski definition) is 1. The fraction of sp³-hybridized carbons (Fsp3) is 0.0444. The lowest BCUT2D eigenvalue weighted by Gasteiger charge is -2.17. The van der Waals surface area contributed by atoms with Gasteiger partial charge in [0.25, 0.3) is 6.33 Å². The van der Waals surface area contributed by atoms with Crippen molar-refractivity contribution in [3.8, 4) is 56.3 Å². The zero-order valence-corrected chi connectivity index (χ0v) is 27.6. The standard InChI is InChI=1S/C45H35N2OP/c1-49(2)44-29-12-9-24-39(44)35-20-13-22-37(30-35)48-38-23-14-21-36(31-38)46-32-47(43-28-11-10-27-42(43)46)45-40(33-16-5-3-6-17-33)25-15-26-41(45)34-18-7-4-8-19-34/h3-31H,1-2H3/i3D,4D,5D,6D,7D,8D,16D,17D,18D,19D. The van der Waals surface area contributed by atoms with Crippen molar-refractivity contribution in [2.75, 3.05) is 13.3 Å². The molecule has 0 unspecified atom stereocenters. The minimum absolute atomic E-state index is 0.118. The van der Waals surface area contributed by atoms with E-state index in [1.807, 2.05) is 72.8 Å². The summed E-state index contributed by atoms with van der Waals surface area (Å²) in [7, 11) is -0.339. The number of hydrogen-bond donors (Lipinski definition) is 0. The molecule has 4 heteroatoms. The molecule has 0 aliphatic carbocycles. The average Bonchev–Trinajstić information content (AvgIpc) is 3.63. The molecule has 8 rings (SSSR count). The summed E-state index contributed by atoms with van der Waals surface area (Å²) in [5.41, 5.74) is 4.42. The third kappa shape index (κ3) is 6.06. The minimum atomic E-state index is -0.558. The molecule has 0 fully saturated rings. The number of para-hydroxylation sites is 3. The van der Waals surface area contributed by atoms with E-state index in [9.17, 15) is 0 Å². The molecule has 0 radical (unpaired) electrons. The van der Waals surface area contributed by atoms with Crippen molar-refractivity contribution < 1.29 is 23.0 Å². The highest BCUT2D eigenvalue weighted by Crippen LogP contribution is 2.36. The number of benzene rings is 7. The van der Waals surface area contributed by atoms with E-state index < -0.39 is 60.4 Å². The van der Waals surface area contributed by atoms with Crippen LogP contribution in [-0.2, 0) is 0 Å². The predicted octanol–water partition coefficient (Wildman–Crippen LogP) is 10.9. The first-order valence-corrected chi connectivity index (χ1v) is 17.9. The molecule has 0 aliphatic rings. The van der Waals surface area contributed by atoms with Gasteiger partial charge in [0, 0.05) is 0 Å². The van der Waals surface area contributed by atoms with Crippen molar-refractivity contribution in [1.29, 1.82) is 0 Å². The first-order valence-electron chi connectivity index (χ1n) is 20.7. The first kappa shape index (κ1) is 21.3. The van der Waals surface area contributed by atoms with E-state index in [0.717, 1.165) is 11.1 Å². The lowest BCUT2D eigenvalue weighted by atomic mass is 9.95. The Kier molecular flexibility index (Phi) is 5.81.